The van der Waals surface area contributed by atoms with Crippen LogP contribution < -0.4 is 4.90 Å². The van der Waals surface area contributed by atoms with E-state index < -0.39 is 36.4 Å². The standard InChI is InChI=1S/C21H19F6N5O2/c22-20(23,24)12-19(13-1-3-14(4-2-13)21(25,26)27)7-9-32(10-8-19)16-6-5-15(28-29-16)18-31-30-17(11-33)34-18/h1-6,33H,7-12H2. The van der Waals surface area contributed by atoms with Crippen LogP contribution in [-0.4, -0.2) is 44.8 Å². The molecule has 1 aliphatic heterocycles. The number of piperidine rings is 1. The highest BCUT2D eigenvalue weighted by molar-refractivity contribution is 5.49. The molecule has 7 nitrogen and oxygen atoms in total. The summed E-state index contributed by atoms with van der Waals surface area (Å²) >= 11 is 0. The van der Waals surface area contributed by atoms with Crippen molar-refractivity contribution >= 4 is 5.82 Å². The van der Waals surface area contributed by atoms with Gasteiger partial charge < -0.3 is 14.4 Å². The maximum atomic E-state index is 13.4. The lowest BCUT2D eigenvalue weighted by Crippen LogP contribution is -2.45. The van der Waals surface area contributed by atoms with E-state index in [1.165, 1.54) is 0 Å². The van der Waals surface area contributed by atoms with Gasteiger partial charge in [-0.25, -0.2) is 0 Å². The maximum absolute atomic E-state index is 13.4. The van der Waals surface area contributed by atoms with E-state index in [2.05, 4.69) is 20.4 Å². The molecule has 4 rings (SSSR count). The molecule has 0 radical (unpaired) electrons. The lowest BCUT2D eigenvalue weighted by molar-refractivity contribution is -0.150. The Morgan fingerprint density at radius 3 is 2.06 bits per heavy atom. The van der Waals surface area contributed by atoms with Gasteiger partial charge in [0.05, 0.1) is 12.0 Å². The van der Waals surface area contributed by atoms with Crippen LogP contribution in [0.1, 0.15) is 36.3 Å². The number of aromatic nitrogens is 4. The topological polar surface area (TPSA) is 88.2 Å². The minimum absolute atomic E-state index is 0.0150. The molecule has 1 saturated heterocycles. The Labute approximate surface area is 189 Å². The van der Waals surface area contributed by atoms with Crippen LogP contribution in [0.2, 0.25) is 0 Å². The zero-order chi connectivity index (χ0) is 24.6. The van der Waals surface area contributed by atoms with Crippen LogP contribution in [0.4, 0.5) is 32.2 Å². The minimum Gasteiger partial charge on any atom is -0.417 e. The predicted molar refractivity (Wildman–Crippen MR) is 106 cm³/mol. The van der Waals surface area contributed by atoms with E-state index in [4.69, 9.17) is 9.52 Å². The van der Waals surface area contributed by atoms with E-state index in [1.807, 2.05) is 0 Å². The van der Waals surface area contributed by atoms with Crippen molar-refractivity contribution in [2.75, 3.05) is 18.0 Å². The summed E-state index contributed by atoms with van der Waals surface area (Å²) < 4.78 is 84.2. The van der Waals surface area contributed by atoms with Crippen molar-refractivity contribution in [3.63, 3.8) is 0 Å². The van der Waals surface area contributed by atoms with E-state index >= 15 is 0 Å². The van der Waals surface area contributed by atoms with Gasteiger partial charge >= 0.3 is 12.4 Å². The van der Waals surface area contributed by atoms with Crippen LogP contribution in [0.3, 0.4) is 0 Å². The van der Waals surface area contributed by atoms with Gasteiger partial charge in [-0.15, -0.1) is 20.4 Å². The van der Waals surface area contributed by atoms with Crippen LogP contribution in [0.5, 0.6) is 0 Å². The molecule has 0 spiro atoms. The number of rotatable bonds is 5. The average Bonchev–Trinajstić information content (AvgIpc) is 3.28. The molecule has 0 aliphatic carbocycles. The highest BCUT2D eigenvalue weighted by Gasteiger charge is 2.45. The molecule has 0 saturated carbocycles. The summed E-state index contributed by atoms with van der Waals surface area (Å²) in [5, 5.41) is 24.4. The zero-order valence-corrected chi connectivity index (χ0v) is 17.6. The fourth-order valence-corrected chi connectivity index (χ4v) is 4.16. The Bertz CT molecular complexity index is 1100. The lowest BCUT2D eigenvalue weighted by Gasteiger charge is -2.43. The van der Waals surface area contributed by atoms with E-state index in [0.717, 1.165) is 24.3 Å². The third kappa shape index (κ3) is 5.13. The van der Waals surface area contributed by atoms with Crippen LogP contribution in [0.15, 0.2) is 40.8 Å². The molecule has 3 aromatic rings. The van der Waals surface area contributed by atoms with Gasteiger partial charge in [-0.2, -0.15) is 26.3 Å². The number of nitrogens with zero attached hydrogens (tertiary/aromatic N) is 5. The number of hydrogen-bond donors (Lipinski definition) is 1. The van der Waals surface area contributed by atoms with Crippen molar-refractivity contribution in [1.29, 1.82) is 0 Å². The molecule has 2 aromatic heterocycles. The van der Waals surface area contributed by atoms with Gasteiger partial charge in [-0.05, 0) is 42.7 Å². The van der Waals surface area contributed by atoms with Crippen LogP contribution in [0, 0.1) is 0 Å². The largest absolute Gasteiger partial charge is 0.417 e. The molecule has 1 aromatic carbocycles. The van der Waals surface area contributed by atoms with Crippen molar-refractivity contribution in [1.82, 2.24) is 20.4 Å². The summed E-state index contributed by atoms with van der Waals surface area (Å²) in [7, 11) is 0. The molecule has 13 heteroatoms. The summed E-state index contributed by atoms with van der Waals surface area (Å²) in [4.78, 5) is 1.77. The Morgan fingerprint density at radius 1 is 0.882 bits per heavy atom. The van der Waals surface area contributed by atoms with Crippen molar-refractivity contribution < 1.29 is 35.9 Å². The second-order valence-electron chi connectivity index (χ2n) is 8.07. The molecule has 0 unspecified atom stereocenters. The maximum Gasteiger partial charge on any atom is 0.416 e. The summed E-state index contributed by atoms with van der Waals surface area (Å²) in [6, 6.07) is 7.10. The number of aliphatic hydroxyl groups is 1. The highest BCUT2D eigenvalue weighted by Crippen LogP contribution is 2.45. The fraction of sp³-hybridized carbons (Fsp3) is 0.429. The summed E-state index contributed by atoms with van der Waals surface area (Å²) in [6.45, 7) is -0.00834. The number of alkyl halides is 6. The van der Waals surface area contributed by atoms with Crippen molar-refractivity contribution in [2.24, 2.45) is 0 Å². The molecule has 0 bridgehead atoms. The second-order valence-corrected chi connectivity index (χ2v) is 8.07. The van der Waals surface area contributed by atoms with Crippen molar-refractivity contribution in [2.45, 2.75) is 43.6 Å². The highest BCUT2D eigenvalue weighted by atomic mass is 19.4. The lowest BCUT2D eigenvalue weighted by atomic mass is 9.70. The number of aliphatic hydroxyl groups excluding tert-OH is 1. The Hall–Kier alpha value is -3.22. The SMILES string of the molecule is OCc1nnc(-c2ccc(N3CCC(CC(F)(F)F)(c4ccc(C(F)(F)F)cc4)CC3)nn2)o1. The first kappa shape index (κ1) is 23.9. The van der Waals surface area contributed by atoms with Gasteiger partial charge in [0, 0.05) is 18.5 Å². The van der Waals surface area contributed by atoms with E-state index in [1.54, 1.807) is 17.0 Å². The number of halogens is 6. The Balaban J connectivity index is 1.52. The third-order valence-electron chi connectivity index (χ3n) is 5.88. The smallest absolute Gasteiger partial charge is 0.416 e. The van der Waals surface area contributed by atoms with Gasteiger partial charge in [0.15, 0.2) is 5.82 Å². The van der Waals surface area contributed by atoms with Crippen LogP contribution in [0.25, 0.3) is 11.6 Å². The molecule has 182 valence electrons. The Morgan fingerprint density at radius 2 is 1.56 bits per heavy atom. The summed E-state index contributed by atoms with van der Waals surface area (Å²) in [5.74, 6) is 0.507. The predicted octanol–water partition coefficient (Wildman–Crippen LogP) is 4.53. The molecule has 0 amide bonds. The third-order valence-corrected chi connectivity index (χ3v) is 5.88. The molecule has 3 heterocycles. The normalized spacial score (nSPS) is 16.6. The van der Waals surface area contributed by atoms with E-state index in [9.17, 15) is 26.3 Å². The average molecular weight is 487 g/mol. The molecular weight excluding hydrogens is 468 g/mol. The monoisotopic (exact) mass is 487 g/mol. The van der Waals surface area contributed by atoms with E-state index in [0.29, 0.717) is 5.82 Å². The van der Waals surface area contributed by atoms with E-state index in [-0.39, 0.29) is 49.0 Å². The first-order valence-corrected chi connectivity index (χ1v) is 10.3. The zero-order valence-electron chi connectivity index (χ0n) is 17.6. The molecule has 34 heavy (non-hydrogen) atoms. The summed E-state index contributed by atoms with van der Waals surface area (Å²) in [6.07, 6.45) is -10.0. The van der Waals surface area contributed by atoms with Gasteiger partial charge in [-0.3, -0.25) is 0 Å². The quantitative estimate of drug-likeness (QED) is 0.529. The summed E-state index contributed by atoms with van der Waals surface area (Å²) in [5.41, 5.74) is -1.74. The molecular formula is C21H19F6N5O2. The van der Waals surface area contributed by atoms with Crippen molar-refractivity contribution in [3.05, 3.63) is 53.4 Å². The van der Waals surface area contributed by atoms with Gasteiger partial charge in [0.1, 0.15) is 12.3 Å². The number of anilines is 1. The van der Waals surface area contributed by atoms with Gasteiger partial charge in [0.25, 0.3) is 5.89 Å². The number of hydrogen-bond acceptors (Lipinski definition) is 7. The van der Waals surface area contributed by atoms with Crippen LogP contribution >= 0.6 is 0 Å². The van der Waals surface area contributed by atoms with Gasteiger partial charge in [0.2, 0.25) is 5.89 Å². The minimum atomic E-state index is -4.56. The van der Waals surface area contributed by atoms with Crippen molar-refractivity contribution in [3.8, 4) is 11.6 Å². The molecule has 1 aliphatic rings. The van der Waals surface area contributed by atoms with Crippen LogP contribution in [-0.2, 0) is 18.2 Å². The first-order valence-electron chi connectivity index (χ1n) is 10.3. The molecule has 0 atom stereocenters. The second kappa shape index (κ2) is 8.85. The number of benzene rings is 1. The fourth-order valence-electron chi connectivity index (χ4n) is 4.16. The Kier molecular flexibility index (Phi) is 6.23. The first-order chi connectivity index (χ1) is 16.0. The molecule has 1 fully saturated rings. The van der Waals surface area contributed by atoms with Gasteiger partial charge in [-0.1, -0.05) is 12.1 Å². The molecule has 1 N–H and O–H groups in total.